The number of fused-ring (bicyclic) bond motifs is 4. The molecule has 3 aliphatic carbocycles. The SMILES string of the molecule is CC(C)(C)c1ccc(Oc2ccc3c(c2)C(C)(C)C2=CC4C(C=C23)CCC4[Si](C)(C)N(C(C)(C)C)C(C)(C)C)cc1. The number of rotatable bonds is 4. The standard InChI is InChI=1S/C38H55NOSi/c1-35(2,3)26-15-17-27(18-16-26)40-28-19-20-29-31-22-25-14-21-34(30(25)24-33(31)38(10,11)32(29)23-28)41(12,13)39(36(4,5)6)37(7,8)9/h15-20,22-25,30,34H,14,21H2,1-13H3. The van der Waals surface area contributed by atoms with Crippen molar-refractivity contribution in [3.05, 3.63) is 76.9 Å². The molecule has 2 aromatic carbocycles. The number of allylic oxidation sites excluding steroid dienone is 4. The lowest BCUT2D eigenvalue weighted by atomic mass is 9.76. The Morgan fingerprint density at radius 3 is 1.93 bits per heavy atom. The van der Waals surface area contributed by atoms with Crippen molar-refractivity contribution in [2.75, 3.05) is 0 Å². The molecule has 1 fully saturated rings. The van der Waals surface area contributed by atoms with Crippen molar-refractivity contribution < 1.29 is 4.74 Å². The summed E-state index contributed by atoms with van der Waals surface area (Å²) < 4.78 is 9.34. The highest BCUT2D eigenvalue weighted by Gasteiger charge is 2.54. The zero-order chi connectivity index (χ0) is 30.3. The van der Waals surface area contributed by atoms with E-state index < -0.39 is 8.24 Å². The second-order valence-corrected chi connectivity index (χ2v) is 21.6. The molecule has 0 radical (unpaired) electrons. The van der Waals surface area contributed by atoms with Gasteiger partial charge in [0, 0.05) is 16.5 Å². The molecule has 0 saturated heterocycles. The second-order valence-electron chi connectivity index (χ2n) is 17.1. The Hall–Kier alpha value is -2.10. The van der Waals surface area contributed by atoms with E-state index in [1.165, 1.54) is 40.7 Å². The molecule has 0 amide bonds. The van der Waals surface area contributed by atoms with Crippen LogP contribution < -0.4 is 4.74 Å². The average molecular weight is 570 g/mol. The van der Waals surface area contributed by atoms with Gasteiger partial charge < -0.3 is 9.30 Å². The highest BCUT2D eigenvalue weighted by atomic mass is 28.3. The maximum Gasteiger partial charge on any atom is 0.127 e. The third kappa shape index (κ3) is 5.31. The largest absolute Gasteiger partial charge is 0.457 e. The van der Waals surface area contributed by atoms with Crippen molar-refractivity contribution in [2.24, 2.45) is 11.8 Å². The summed E-state index contributed by atoms with van der Waals surface area (Å²) >= 11 is 0. The highest BCUT2D eigenvalue weighted by molar-refractivity contribution is 6.76. The zero-order valence-corrected chi connectivity index (χ0v) is 29.2. The average Bonchev–Trinajstić information content (AvgIpc) is 3.33. The third-order valence-corrected chi connectivity index (χ3v) is 15.2. The Bertz CT molecular complexity index is 1360. The fourth-order valence-corrected chi connectivity index (χ4v) is 15.2. The number of hydrogen-bond donors (Lipinski definition) is 0. The summed E-state index contributed by atoms with van der Waals surface area (Å²) in [5.41, 5.74) is 8.32. The molecule has 5 rings (SSSR count). The summed E-state index contributed by atoms with van der Waals surface area (Å²) in [5.74, 6) is 3.11. The van der Waals surface area contributed by atoms with Crippen LogP contribution in [0.15, 0.2) is 60.2 Å². The number of ether oxygens (including phenoxy) is 1. The molecule has 2 nitrogen and oxygen atoms in total. The second kappa shape index (κ2) is 9.71. The normalized spacial score (nSPS) is 24.0. The molecule has 3 atom stereocenters. The van der Waals surface area contributed by atoms with Gasteiger partial charge in [-0.05, 0) is 123 Å². The molecule has 0 spiro atoms. The van der Waals surface area contributed by atoms with Gasteiger partial charge in [0.05, 0.1) is 0 Å². The van der Waals surface area contributed by atoms with Gasteiger partial charge in [-0.25, -0.2) is 0 Å². The van der Waals surface area contributed by atoms with Crippen LogP contribution in [0.3, 0.4) is 0 Å². The lowest BCUT2D eigenvalue weighted by Gasteiger charge is -2.57. The Kier molecular flexibility index (Phi) is 7.19. The van der Waals surface area contributed by atoms with Crippen molar-refractivity contribution in [3.63, 3.8) is 0 Å². The Labute approximate surface area is 252 Å². The Balaban J connectivity index is 1.46. The van der Waals surface area contributed by atoms with E-state index in [2.05, 4.69) is 148 Å². The lowest BCUT2D eigenvalue weighted by Crippen LogP contribution is -2.67. The van der Waals surface area contributed by atoms with E-state index in [1.54, 1.807) is 0 Å². The molecule has 2 aromatic rings. The van der Waals surface area contributed by atoms with Crippen LogP contribution in [0.4, 0.5) is 0 Å². The predicted molar refractivity (Wildman–Crippen MR) is 180 cm³/mol. The first-order chi connectivity index (χ1) is 18.7. The first-order valence-corrected chi connectivity index (χ1v) is 18.9. The van der Waals surface area contributed by atoms with Crippen molar-refractivity contribution in [1.29, 1.82) is 0 Å². The minimum atomic E-state index is -1.78. The minimum Gasteiger partial charge on any atom is -0.457 e. The van der Waals surface area contributed by atoms with Gasteiger partial charge in [0.1, 0.15) is 19.7 Å². The van der Waals surface area contributed by atoms with Crippen LogP contribution in [0.1, 0.15) is 106 Å². The predicted octanol–water partition coefficient (Wildman–Crippen LogP) is 10.9. The molecule has 0 aliphatic heterocycles. The van der Waals surface area contributed by atoms with Gasteiger partial charge in [0.25, 0.3) is 0 Å². The summed E-state index contributed by atoms with van der Waals surface area (Å²) in [4.78, 5) is 0. The van der Waals surface area contributed by atoms with Crippen LogP contribution in [-0.4, -0.2) is 23.9 Å². The highest BCUT2D eigenvalue weighted by Crippen LogP contribution is 2.60. The van der Waals surface area contributed by atoms with Gasteiger partial charge >= 0.3 is 0 Å². The van der Waals surface area contributed by atoms with Crippen molar-refractivity contribution in [2.45, 2.75) is 130 Å². The van der Waals surface area contributed by atoms with E-state index in [-0.39, 0.29) is 21.9 Å². The monoisotopic (exact) mass is 569 g/mol. The zero-order valence-electron chi connectivity index (χ0n) is 28.2. The van der Waals surface area contributed by atoms with E-state index in [4.69, 9.17) is 4.74 Å². The van der Waals surface area contributed by atoms with Crippen LogP contribution >= 0.6 is 0 Å². The van der Waals surface area contributed by atoms with Crippen LogP contribution in [0.5, 0.6) is 11.5 Å². The molecule has 222 valence electrons. The van der Waals surface area contributed by atoms with Crippen LogP contribution in [0.25, 0.3) is 5.57 Å². The maximum absolute atomic E-state index is 6.41. The summed E-state index contributed by atoms with van der Waals surface area (Å²) in [6.07, 6.45) is 8.06. The van der Waals surface area contributed by atoms with Crippen molar-refractivity contribution in [1.82, 2.24) is 4.57 Å². The lowest BCUT2D eigenvalue weighted by molar-refractivity contribution is 0.122. The number of benzene rings is 2. The third-order valence-electron chi connectivity index (χ3n) is 10.2. The summed E-state index contributed by atoms with van der Waals surface area (Å²) in [6, 6.07) is 15.4. The minimum absolute atomic E-state index is 0.0336. The Morgan fingerprint density at radius 2 is 1.37 bits per heavy atom. The quantitative estimate of drug-likeness (QED) is 0.340. The van der Waals surface area contributed by atoms with Gasteiger partial charge in [-0.1, -0.05) is 84.5 Å². The molecular formula is C38H55NOSi. The maximum atomic E-state index is 6.41. The molecular weight excluding hydrogens is 515 g/mol. The summed E-state index contributed by atoms with van der Waals surface area (Å²) in [5, 5.41) is 0. The van der Waals surface area contributed by atoms with Crippen LogP contribution in [0, 0.1) is 11.8 Å². The van der Waals surface area contributed by atoms with Gasteiger partial charge in [0.2, 0.25) is 0 Å². The molecule has 3 heteroatoms. The molecule has 0 heterocycles. The molecule has 1 saturated carbocycles. The number of hydrogen-bond acceptors (Lipinski definition) is 2. The van der Waals surface area contributed by atoms with Crippen molar-refractivity contribution >= 4 is 13.8 Å². The molecule has 41 heavy (non-hydrogen) atoms. The summed E-state index contributed by atoms with van der Waals surface area (Å²) in [7, 11) is -1.78. The topological polar surface area (TPSA) is 12.5 Å². The van der Waals surface area contributed by atoms with Crippen LogP contribution in [-0.2, 0) is 10.8 Å². The number of nitrogens with zero attached hydrogens (tertiary/aromatic N) is 1. The summed E-state index contributed by atoms with van der Waals surface area (Å²) in [6.45, 7) is 31.4. The molecule has 0 aromatic heterocycles. The van der Waals surface area contributed by atoms with E-state index in [9.17, 15) is 0 Å². The van der Waals surface area contributed by atoms with E-state index in [0.29, 0.717) is 11.8 Å². The van der Waals surface area contributed by atoms with Crippen LogP contribution in [0.2, 0.25) is 18.6 Å². The molecule has 0 bridgehead atoms. The Morgan fingerprint density at radius 1 is 0.780 bits per heavy atom. The van der Waals surface area contributed by atoms with Gasteiger partial charge in [-0.3, -0.25) is 0 Å². The van der Waals surface area contributed by atoms with Gasteiger partial charge in [-0.2, -0.15) is 0 Å². The van der Waals surface area contributed by atoms with Gasteiger partial charge in [0.15, 0.2) is 0 Å². The van der Waals surface area contributed by atoms with E-state index in [0.717, 1.165) is 17.0 Å². The first-order valence-electron chi connectivity index (χ1n) is 15.9. The smallest absolute Gasteiger partial charge is 0.127 e. The first kappa shape index (κ1) is 30.4. The van der Waals surface area contributed by atoms with Gasteiger partial charge in [-0.15, -0.1) is 0 Å². The van der Waals surface area contributed by atoms with Crippen molar-refractivity contribution in [3.8, 4) is 11.5 Å². The molecule has 3 aliphatic rings. The van der Waals surface area contributed by atoms with E-state index in [1.807, 2.05) is 0 Å². The fourth-order valence-electron chi connectivity index (χ4n) is 9.22. The van der Waals surface area contributed by atoms with E-state index >= 15 is 0 Å². The molecule has 3 unspecified atom stereocenters. The molecule has 0 N–H and O–H groups in total. The fraction of sp³-hybridized carbons (Fsp3) is 0.579.